The Morgan fingerprint density at radius 2 is 2.27 bits per heavy atom. The van der Waals surface area contributed by atoms with E-state index in [1.54, 1.807) is 10.9 Å². The molecule has 0 aliphatic heterocycles. The van der Waals surface area contributed by atoms with Gasteiger partial charge >= 0.3 is 0 Å². The molecule has 0 bridgehead atoms. The van der Waals surface area contributed by atoms with E-state index in [1.807, 2.05) is 36.5 Å². The van der Waals surface area contributed by atoms with Crippen LogP contribution in [0.5, 0.6) is 0 Å². The van der Waals surface area contributed by atoms with E-state index in [-0.39, 0.29) is 12.3 Å². The van der Waals surface area contributed by atoms with E-state index in [4.69, 9.17) is 5.73 Å². The SMILES string of the molecule is NC(=O)Cc1cccc(-n2cccn2)c1. The summed E-state index contributed by atoms with van der Waals surface area (Å²) in [6.45, 7) is 0. The van der Waals surface area contributed by atoms with Crippen molar-refractivity contribution in [2.45, 2.75) is 6.42 Å². The van der Waals surface area contributed by atoms with Crippen LogP contribution in [-0.2, 0) is 11.2 Å². The van der Waals surface area contributed by atoms with Crippen LogP contribution >= 0.6 is 0 Å². The largest absolute Gasteiger partial charge is 0.369 e. The molecule has 1 aromatic heterocycles. The number of benzene rings is 1. The highest BCUT2D eigenvalue weighted by Crippen LogP contribution is 2.09. The van der Waals surface area contributed by atoms with Crippen LogP contribution in [0.25, 0.3) is 5.69 Å². The van der Waals surface area contributed by atoms with Crippen LogP contribution in [0.1, 0.15) is 5.56 Å². The number of rotatable bonds is 3. The lowest BCUT2D eigenvalue weighted by Gasteiger charge is -2.03. The maximum atomic E-state index is 10.8. The number of carbonyl (C=O) groups is 1. The van der Waals surface area contributed by atoms with Crippen LogP contribution < -0.4 is 5.73 Å². The van der Waals surface area contributed by atoms with Crippen LogP contribution in [0.3, 0.4) is 0 Å². The third-order valence-corrected chi connectivity index (χ3v) is 2.06. The standard InChI is InChI=1S/C11H11N3O/c12-11(15)8-9-3-1-4-10(7-9)14-6-2-5-13-14/h1-7H,8H2,(H2,12,15). The first-order valence-corrected chi connectivity index (χ1v) is 4.63. The van der Waals surface area contributed by atoms with Gasteiger partial charge in [0, 0.05) is 12.4 Å². The van der Waals surface area contributed by atoms with Crippen molar-refractivity contribution in [3.8, 4) is 5.69 Å². The van der Waals surface area contributed by atoms with Crippen molar-refractivity contribution in [1.82, 2.24) is 9.78 Å². The number of carbonyl (C=O) groups excluding carboxylic acids is 1. The summed E-state index contributed by atoms with van der Waals surface area (Å²) in [6.07, 6.45) is 3.82. The van der Waals surface area contributed by atoms with E-state index in [1.165, 1.54) is 0 Å². The molecule has 0 atom stereocenters. The lowest BCUT2D eigenvalue weighted by Crippen LogP contribution is -2.13. The Hall–Kier alpha value is -2.10. The molecule has 1 amide bonds. The Balaban J connectivity index is 2.31. The topological polar surface area (TPSA) is 60.9 Å². The second-order valence-corrected chi connectivity index (χ2v) is 3.26. The molecular weight excluding hydrogens is 190 g/mol. The molecule has 0 unspecified atom stereocenters. The Morgan fingerprint density at radius 3 is 2.93 bits per heavy atom. The van der Waals surface area contributed by atoms with Crippen molar-refractivity contribution < 1.29 is 4.79 Å². The van der Waals surface area contributed by atoms with Crippen molar-refractivity contribution in [1.29, 1.82) is 0 Å². The van der Waals surface area contributed by atoms with Gasteiger partial charge in [0.05, 0.1) is 12.1 Å². The van der Waals surface area contributed by atoms with Crippen molar-refractivity contribution in [3.05, 3.63) is 48.3 Å². The van der Waals surface area contributed by atoms with Crippen molar-refractivity contribution in [2.24, 2.45) is 5.73 Å². The molecule has 0 spiro atoms. The molecule has 0 saturated heterocycles. The molecule has 0 aliphatic carbocycles. The summed E-state index contributed by atoms with van der Waals surface area (Å²) in [5.41, 5.74) is 6.96. The van der Waals surface area contributed by atoms with Crippen LogP contribution in [0, 0.1) is 0 Å². The molecule has 15 heavy (non-hydrogen) atoms. The summed E-state index contributed by atoms with van der Waals surface area (Å²) in [5, 5.41) is 4.11. The zero-order valence-electron chi connectivity index (χ0n) is 8.13. The maximum absolute atomic E-state index is 10.8. The van der Waals surface area contributed by atoms with Crippen molar-refractivity contribution >= 4 is 5.91 Å². The first kappa shape index (κ1) is 9.45. The first-order valence-electron chi connectivity index (χ1n) is 4.63. The van der Waals surface area contributed by atoms with Gasteiger partial charge < -0.3 is 5.73 Å². The number of nitrogens with zero attached hydrogens (tertiary/aromatic N) is 2. The molecule has 0 fully saturated rings. The zero-order valence-corrected chi connectivity index (χ0v) is 8.13. The molecule has 2 N–H and O–H groups in total. The van der Waals surface area contributed by atoms with Crippen molar-refractivity contribution in [2.75, 3.05) is 0 Å². The minimum Gasteiger partial charge on any atom is -0.369 e. The number of nitrogens with two attached hydrogens (primary N) is 1. The molecule has 1 heterocycles. The molecule has 2 aromatic rings. The molecule has 0 saturated carbocycles. The fourth-order valence-corrected chi connectivity index (χ4v) is 1.43. The minimum absolute atomic E-state index is 0.259. The quantitative estimate of drug-likeness (QED) is 0.802. The van der Waals surface area contributed by atoms with Crippen LogP contribution in [0.4, 0.5) is 0 Å². The molecular formula is C11H11N3O. The first-order chi connectivity index (χ1) is 7.25. The summed E-state index contributed by atoms with van der Waals surface area (Å²) in [5.74, 6) is -0.326. The summed E-state index contributed by atoms with van der Waals surface area (Å²) >= 11 is 0. The lowest BCUT2D eigenvalue weighted by atomic mass is 10.1. The van der Waals surface area contributed by atoms with Crippen LogP contribution in [0.2, 0.25) is 0 Å². The third kappa shape index (κ3) is 2.22. The number of aromatic nitrogens is 2. The van der Waals surface area contributed by atoms with Crippen LogP contribution in [-0.4, -0.2) is 15.7 Å². The Kier molecular flexibility index (Phi) is 2.49. The highest BCUT2D eigenvalue weighted by atomic mass is 16.1. The maximum Gasteiger partial charge on any atom is 0.221 e. The summed E-state index contributed by atoms with van der Waals surface area (Å²) in [6, 6.07) is 9.43. The van der Waals surface area contributed by atoms with Gasteiger partial charge in [-0.2, -0.15) is 5.10 Å². The smallest absolute Gasteiger partial charge is 0.221 e. The van der Waals surface area contributed by atoms with Gasteiger partial charge in [-0.15, -0.1) is 0 Å². The second kappa shape index (κ2) is 3.96. The number of hydrogen-bond acceptors (Lipinski definition) is 2. The van der Waals surface area contributed by atoms with Gasteiger partial charge in [-0.1, -0.05) is 12.1 Å². The fraction of sp³-hybridized carbons (Fsp3) is 0.0909. The predicted octanol–water partition coefficient (Wildman–Crippen LogP) is 0.900. The highest BCUT2D eigenvalue weighted by Gasteiger charge is 2.01. The molecule has 0 radical (unpaired) electrons. The molecule has 4 heteroatoms. The summed E-state index contributed by atoms with van der Waals surface area (Å²) in [4.78, 5) is 10.8. The van der Waals surface area contributed by atoms with E-state index in [0.29, 0.717) is 0 Å². The summed E-state index contributed by atoms with van der Waals surface area (Å²) in [7, 11) is 0. The third-order valence-electron chi connectivity index (χ3n) is 2.06. The minimum atomic E-state index is -0.326. The molecule has 4 nitrogen and oxygen atoms in total. The predicted molar refractivity (Wildman–Crippen MR) is 56.5 cm³/mol. The molecule has 0 aliphatic rings. The van der Waals surface area contributed by atoms with Gasteiger partial charge in [0.25, 0.3) is 0 Å². The molecule has 2 rings (SSSR count). The summed E-state index contributed by atoms with van der Waals surface area (Å²) < 4.78 is 1.74. The fourth-order valence-electron chi connectivity index (χ4n) is 1.43. The van der Waals surface area contributed by atoms with Gasteiger partial charge in [0.1, 0.15) is 0 Å². The number of amides is 1. The average Bonchev–Trinajstić information content (AvgIpc) is 2.69. The van der Waals surface area contributed by atoms with E-state index in [9.17, 15) is 4.79 Å². The van der Waals surface area contributed by atoms with Gasteiger partial charge in [0.15, 0.2) is 0 Å². The van der Waals surface area contributed by atoms with Gasteiger partial charge in [-0.05, 0) is 23.8 Å². The van der Waals surface area contributed by atoms with Gasteiger partial charge in [0.2, 0.25) is 5.91 Å². The van der Waals surface area contributed by atoms with Crippen molar-refractivity contribution in [3.63, 3.8) is 0 Å². The number of primary amides is 1. The second-order valence-electron chi connectivity index (χ2n) is 3.26. The molecule has 76 valence electrons. The van der Waals surface area contributed by atoms with E-state index in [2.05, 4.69) is 5.10 Å². The van der Waals surface area contributed by atoms with E-state index in [0.717, 1.165) is 11.3 Å². The Labute approximate surface area is 87.3 Å². The normalized spacial score (nSPS) is 10.1. The average molecular weight is 201 g/mol. The van der Waals surface area contributed by atoms with Crippen LogP contribution in [0.15, 0.2) is 42.7 Å². The monoisotopic (exact) mass is 201 g/mol. The van der Waals surface area contributed by atoms with E-state index < -0.39 is 0 Å². The number of hydrogen-bond donors (Lipinski definition) is 1. The molecule has 1 aromatic carbocycles. The Morgan fingerprint density at radius 1 is 1.40 bits per heavy atom. The van der Waals surface area contributed by atoms with Gasteiger partial charge in [-0.3, -0.25) is 4.79 Å². The highest BCUT2D eigenvalue weighted by molar-refractivity contribution is 5.76. The zero-order chi connectivity index (χ0) is 10.7. The van der Waals surface area contributed by atoms with Gasteiger partial charge in [-0.25, -0.2) is 4.68 Å². The Bertz CT molecular complexity index is 462. The lowest BCUT2D eigenvalue weighted by molar-refractivity contribution is -0.117. The van der Waals surface area contributed by atoms with E-state index >= 15 is 0 Å².